The van der Waals surface area contributed by atoms with Crippen LogP contribution in [0, 0.1) is 27.7 Å². The minimum absolute atomic E-state index is 0.253. The first kappa shape index (κ1) is 29.5. The Labute approximate surface area is 218 Å². The number of hydrogen-bond acceptors (Lipinski definition) is 4. The lowest BCUT2D eigenvalue weighted by molar-refractivity contribution is -0.138. The minimum atomic E-state index is -0.493. The van der Waals surface area contributed by atoms with Gasteiger partial charge < -0.3 is 14.9 Å². The molecule has 0 spiro atoms. The molecule has 2 aromatic rings. The van der Waals surface area contributed by atoms with Crippen molar-refractivity contribution in [2.75, 3.05) is 0 Å². The second kappa shape index (κ2) is 14.1. The van der Waals surface area contributed by atoms with Gasteiger partial charge in [0.1, 0.15) is 11.5 Å². The van der Waals surface area contributed by atoms with E-state index in [-0.39, 0.29) is 12.4 Å². The summed E-state index contributed by atoms with van der Waals surface area (Å²) in [7, 11) is 0. The van der Waals surface area contributed by atoms with Crippen molar-refractivity contribution in [3.63, 3.8) is 0 Å². The lowest BCUT2D eigenvalue weighted by Crippen LogP contribution is -2.26. The van der Waals surface area contributed by atoms with Crippen LogP contribution in [-0.2, 0) is 14.9 Å². The van der Waals surface area contributed by atoms with Crippen molar-refractivity contribution < 1.29 is 19.7 Å². The average Bonchev–Trinajstić information content (AvgIpc) is 2.84. The maximum Gasteiger partial charge on any atom is 0.310 e. The van der Waals surface area contributed by atoms with Crippen molar-refractivity contribution in [2.45, 2.75) is 111 Å². The number of phenols is 2. The zero-order valence-electron chi connectivity index (χ0n) is 23.2. The molecule has 36 heavy (non-hydrogen) atoms. The predicted molar refractivity (Wildman–Crippen MR) is 149 cm³/mol. The van der Waals surface area contributed by atoms with E-state index in [1.54, 1.807) is 6.26 Å². The van der Waals surface area contributed by atoms with Crippen molar-refractivity contribution in [1.29, 1.82) is 0 Å². The predicted octanol–water partition coefficient (Wildman–Crippen LogP) is 8.62. The molecule has 0 aliphatic rings. The van der Waals surface area contributed by atoms with Crippen LogP contribution in [0.15, 0.2) is 36.6 Å². The van der Waals surface area contributed by atoms with Gasteiger partial charge in [0, 0.05) is 11.8 Å². The van der Waals surface area contributed by atoms with E-state index in [9.17, 15) is 15.0 Å². The van der Waals surface area contributed by atoms with Crippen molar-refractivity contribution in [2.24, 2.45) is 0 Å². The Morgan fingerprint density at radius 3 is 1.72 bits per heavy atom. The number of rotatable bonds is 14. The summed E-state index contributed by atoms with van der Waals surface area (Å²) in [5, 5.41) is 20.6. The van der Waals surface area contributed by atoms with Gasteiger partial charge in [-0.1, -0.05) is 76.6 Å². The maximum absolute atomic E-state index is 12.6. The van der Waals surface area contributed by atoms with Crippen molar-refractivity contribution in [3.05, 3.63) is 70.0 Å². The molecule has 2 rings (SSSR count). The third-order valence-corrected chi connectivity index (χ3v) is 7.36. The number of hydrogen-bond donors (Lipinski definition) is 2. The van der Waals surface area contributed by atoms with E-state index in [0.717, 1.165) is 46.2 Å². The molecule has 2 aromatic carbocycles. The lowest BCUT2D eigenvalue weighted by atomic mass is 9.71. The molecule has 0 bridgehead atoms. The van der Waals surface area contributed by atoms with Crippen LogP contribution in [0.4, 0.5) is 0 Å². The number of ether oxygens (including phenoxy) is 1. The van der Waals surface area contributed by atoms with Crippen LogP contribution in [0.2, 0.25) is 0 Å². The Kier molecular flexibility index (Phi) is 11.6. The monoisotopic (exact) mass is 494 g/mol. The molecule has 4 nitrogen and oxygen atoms in total. The van der Waals surface area contributed by atoms with Gasteiger partial charge in [0.05, 0.1) is 6.26 Å². The highest BCUT2D eigenvalue weighted by Gasteiger charge is 2.31. The van der Waals surface area contributed by atoms with Gasteiger partial charge in [-0.05, 0) is 86.4 Å². The molecule has 198 valence electrons. The second-order valence-electron chi connectivity index (χ2n) is 10.5. The van der Waals surface area contributed by atoms with Crippen molar-refractivity contribution >= 4 is 5.97 Å². The van der Waals surface area contributed by atoms with E-state index in [1.807, 2.05) is 58.0 Å². The fraction of sp³-hybridized carbons (Fsp3) is 0.531. The van der Waals surface area contributed by atoms with Crippen molar-refractivity contribution in [1.82, 2.24) is 0 Å². The van der Waals surface area contributed by atoms with E-state index in [1.165, 1.54) is 38.5 Å². The number of aryl methyl sites for hydroxylation is 4. The molecule has 0 aliphatic heterocycles. The molecule has 0 unspecified atom stereocenters. The third kappa shape index (κ3) is 8.15. The highest BCUT2D eigenvalue weighted by atomic mass is 16.5. The van der Waals surface area contributed by atoms with Crippen molar-refractivity contribution in [3.8, 4) is 11.5 Å². The molecular formula is C32H46O4. The summed E-state index contributed by atoms with van der Waals surface area (Å²) in [6.07, 6.45) is 14.1. The third-order valence-electron chi connectivity index (χ3n) is 7.36. The van der Waals surface area contributed by atoms with Gasteiger partial charge in [-0.2, -0.15) is 0 Å². The van der Waals surface area contributed by atoms with E-state index in [4.69, 9.17) is 4.74 Å². The Morgan fingerprint density at radius 2 is 1.25 bits per heavy atom. The zero-order valence-corrected chi connectivity index (χ0v) is 23.2. The fourth-order valence-corrected chi connectivity index (χ4v) is 4.83. The summed E-state index contributed by atoms with van der Waals surface area (Å²) in [5.41, 5.74) is 4.79. The van der Waals surface area contributed by atoms with Gasteiger partial charge in [0.15, 0.2) is 0 Å². The highest BCUT2D eigenvalue weighted by molar-refractivity contribution is 5.70. The summed E-state index contributed by atoms with van der Waals surface area (Å²) >= 11 is 0. The molecule has 4 heteroatoms. The number of unbranched alkanes of at least 4 members (excludes halogenated alkanes) is 7. The number of benzene rings is 2. The van der Waals surface area contributed by atoms with Gasteiger partial charge in [0.25, 0.3) is 0 Å². The normalized spacial score (nSPS) is 11.8. The highest BCUT2D eigenvalue weighted by Crippen LogP contribution is 2.41. The molecule has 0 fully saturated rings. The Bertz CT molecular complexity index is 931. The van der Waals surface area contributed by atoms with Gasteiger partial charge in [-0.3, -0.25) is 4.79 Å². The summed E-state index contributed by atoms with van der Waals surface area (Å²) in [6, 6.07) is 7.97. The minimum Gasteiger partial charge on any atom is -0.507 e. The van der Waals surface area contributed by atoms with Gasteiger partial charge in [-0.15, -0.1) is 0 Å². The molecule has 0 saturated carbocycles. The molecule has 0 atom stereocenters. The average molecular weight is 495 g/mol. The lowest BCUT2D eigenvalue weighted by Gasteiger charge is -2.32. The molecule has 0 aliphatic carbocycles. The maximum atomic E-state index is 12.6. The fourth-order valence-electron chi connectivity index (χ4n) is 4.83. The van der Waals surface area contributed by atoms with Crippen LogP contribution in [0.1, 0.15) is 111 Å². The Morgan fingerprint density at radius 1 is 0.806 bits per heavy atom. The van der Waals surface area contributed by atoms with Crippen LogP contribution in [0.25, 0.3) is 0 Å². The summed E-state index contributed by atoms with van der Waals surface area (Å²) in [5.74, 6) is 0.339. The molecule has 0 aromatic heterocycles. The first-order valence-electron chi connectivity index (χ1n) is 13.6. The second-order valence-corrected chi connectivity index (χ2v) is 10.5. The van der Waals surface area contributed by atoms with Crippen LogP contribution in [0.3, 0.4) is 0 Å². The van der Waals surface area contributed by atoms with Crippen LogP contribution >= 0.6 is 0 Å². The van der Waals surface area contributed by atoms with Crippen LogP contribution in [0.5, 0.6) is 11.5 Å². The Hall–Kier alpha value is -2.75. The number of aromatic hydroxyl groups is 2. The topological polar surface area (TPSA) is 66.8 Å². The molecule has 2 N–H and O–H groups in total. The zero-order chi connectivity index (χ0) is 26.7. The largest absolute Gasteiger partial charge is 0.507 e. The number of carbonyl (C=O) groups is 1. The standard InChI is InChI=1S/C32H46O4/c1-7-8-9-10-11-12-13-14-15-18-36-29(33)16-17-32(6,27-19-23(2)30(34)24(3)20-27)28-21-25(4)31(35)26(5)22-28/h15,18-22,34-35H,7-14,16-17H2,1-6H3. The quantitative estimate of drug-likeness (QED) is 0.157. The molecule has 0 radical (unpaired) electrons. The van der Waals surface area contributed by atoms with E-state index in [0.29, 0.717) is 17.9 Å². The number of carbonyl (C=O) groups excluding carboxylic acids is 1. The van der Waals surface area contributed by atoms with Crippen LogP contribution < -0.4 is 0 Å². The van der Waals surface area contributed by atoms with E-state index < -0.39 is 5.41 Å². The van der Waals surface area contributed by atoms with Crippen LogP contribution in [-0.4, -0.2) is 16.2 Å². The molecule has 0 heterocycles. The van der Waals surface area contributed by atoms with E-state index in [2.05, 4.69) is 13.8 Å². The molecule has 0 saturated heterocycles. The molecule has 0 amide bonds. The summed E-state index contributed by atoms with van der Waals surface area (Å²) in [6.45, 7) is 11.9. The number of phenolic OH excluding ortho intramolecular Hbond substituents is 2. The summed E-state index contributed by atoms with van der Waals surface area (Å²) in [4.78, 5) is 12.6. The summed E-state index contributed by atoms with van der Waals surface area (Å²) < 4.78 is 5.40. The van der Waals surface area contributed by atoms with Gasteiger partial charge >= 0.3 is 5.97 Å². The number of allylic oxidation sites excluding steroid dienone is 1. The Balaban J connectivity index is 2.06. The smallest absolute Gasteiger partial charge is 0.310 e. The molecular weight excluding hydrogens is 448 g/mol. The first-order chi connectivity index (χ1) is 17.1. The van der Waals surface area contributed by atoms with Gasteiger partial charge in [0.2, 0.25) is 0 Å². The van der Waals surface area contributed by atoms with E-state index >= 15 is 0 Å². The van der Waals surface area contributed by atoms with Gasteiger partial charge in [-0.25, -0.2) is 0 Å². The SMILES string of the molecule is CCCCCCCCCC=COC(=O)CCC(C)(c1cc(C)c(O)c(C)c1)c1cc(C)c(O)c(C)c1. The first-order valence-corrected chi connectivity index (χ1v) is 13.6. The number of esters is 1.